The lowest BCUT2D eigenvalue weighted by atomic mass is 10.1. The van der Waals surface area contributed by atoms with Crippen molar-refractivity contribution in [1.29, 1.82) is 0 Å². The van der Waals surface area contributed by atoms with Crippen molar-refractivity contribution in [1.82, 2.24) is 15.1 Å². The topological polar surface area (TPSA) is 29.9 Å². The second-order valence-electron chi connectivity index (χ2n) is 5.20. The van der Waals surface area contributed by atoms with Crippen molar-refractivity contribution < 1.29 is 0 Å². The molecule has 0 bridgehead atoms. The number of hydrogen-bond donors (Lipinski definition) is 1. The van der Waals surface area contributed by atoms with E-state index < -0.39 is 0 Å². The first-order valence-corrected chi connectivity index (χ1v) is 8.10. The number of nitrogens with one attached hydrogen (secondary N) is 1. The molecule has 0 fully saturated rings. The zero-order valence-electron chi connectivity index (χ0n) is 12.1. The first kappa shape index (κ1) is 14.0. The van der Waals surface area contributed by atoms with Crippen LogP contribution in [0.2, 0.25) is 0 Å². The SMILES string of the molecule is CC(Cc1ccsc1)NCc1ccn(-c2ccccc2)n1. The van der Waals surface area contributed by atoms with Crippen LogP contribution in [0.1, 0.15) is 18.2 Å². The maximum absolute atomic E-state index is 4.61. The fraction of sp³-hybridized carbons (Fsp3) is 0.235. The van der Waals surface area contributed by atoms with Crippen LogP contribution in [-0.4, -0.2) is 15.8 Å². The third kappa shape index (κ3) is 3.80. The van der Waals surface area contributed by atoms with E-state index >= 15 is 0 Å². The van der Waals surface area contributed by atoms with Gasteiger partial charge in [-0.25, -0.2) is 4.68 Å². The van der Waals surface area contributed by atoms with Gasteiger partial charge in [0, 0.05) is 18.8 Å². The lowest BCUT2D eigenvalue weighted by Gasteiger charge is -2.11. The maximum atomic E-state index is 4.61. The van der Waals surface area contributed by atoms with E-state index in [1.165, 1.54) is 5.56 Å². The summed E-state index contributed by atoms with van der Waals surface area (Å²) in [6, 6.07) is 14.9. The largest absolute Gasteiger partial charge is 0.308 e. The minimum atomic E-state index is 0.446. The molecular formula is C17H19N3S. The molecule has 1 unspecified atom stereocenters. The summed E-state index contributed by atoms with van der Waals surface area (Å²) in [6.45, 7) is 3.01. The molecule has 108 valence electrons. The Kier molecular flexibility index (Phi) is 4.48. The lowest BCUT2D eigenvalue weighted by molar-refractivity contribution is 0.538. The van der Waals surface area contributed by atoms with Gasteiger partial charge in [0.2, 0.25) is 0 Å². The predicted octanol–water partition coefficient (Wildman–Crippen LogP) is 3.65. The van der Waals surface area contributed by atoms with Crippen molar-refractivity contribution in [2.24, 2.45) is 0 Å². The molecule has 3 aromatic rings. The van der Waals surface area contributed by atoms with E-state index in [0.717, 1.165) is 24.3 Å². The van der Waals surface area contributed by atoms with Gasteiger partial charge in [0.25, 0.3) is 0 Å². The van der Waals surface area contributed by atoms with Crippen LogP contribution in [0.15, 0.2) is 59.4 Å². The van der Waals surface area contributed by atoms with Crippen molar-refractivity contribution in [3.63, 3.8) is 0 Å². The van der Waals surface area contributed by atoms with Crippen LogP contribution in [0.4, 0.5) is 0 Å². The van der Waals surface area contributed by atoms with Gasteiger partial charge in [-0.2, -0.15) is 16.4 Å². The normalized spacial score (nSPS) is 12.4. The Balaban J connectivity index is 1.55. The summed E-state index contributed by atoms with van der Waals surface area (Å²) in [5, 5.41) is 12.5. The monoisotopic (exact) mass is 297 g/mol. The van der Waals surface area contributed by atoms with E-state index in [4.69, 9.17) is 0 Å². The molecule has 0 amide bonds. The summed E-state index contributed by atoms with van der Waals surface area (Å²) in [6.07, 6.45) is 3.07. The molecule has 0 radical (unpaired) electrons. The van der Waals surface area contributed by atoms with Gasteiger partial charge in [-0.15, -0.1) is 0 Å². The molecule has 0 aliphatic carbocycles. The Labute approximate surface area is 129 Å². The van der Waals surface area contributed by atoms with Gasteiger partial charge in [0.1, 0.15) is 0 Å². The number of para-hydroxylation sites is 1. The Morgan fingerprint density at radius 3 is 2.81 bits per heavy atom. The Hall–Kier alpha value is -1.91. The number of rotatable bonds is 6. The van der Waals surface area contributed by atoms with Gasteiger partial charge in [0.05, 0.1) is 11.4 Å². The Morgan fingerprint density at radius 1 is 1.19 bits per heavy atom. The number of aromatic nitrogens is 2. The van der Waals surface area contributed by atoms with Crippen LogP contribution in [0, 0.1) is 0 Å². The van der Waals surface area contributed by atoms with E-state index in [-0.39, 0.29) is 0 Å². The van der Waals surface area contributed by atoms with E-state index in [1.54, 1.807) is 11.3 Å². The van der Waals surface area contributed by atoms with Crippen molar-refractivity contribution in [2.45, 2.75) is 25.9 Å². The van der Waals surface area contributed by atoms with Gasteiger partial charge in [-0.05, 0) is 53.9 Å². The molecule has 0 spiro atoms. The van der Waals surface area contributed by atoms with Gasteiger partial charge < -0.3 is 5.32 Å². The second-order valence-corrected chi connectivity index (χ2v) is 5.98. The molecule has 3 nitrogen and oxygen atoms in total. The first-order valence-electron chi connectivity index (χ1n) is 7.16. The van der Waals surface area contributed by atoms with Crippen molar-refractivity contribution >= 4 is 11.3 Å². The van der Waals surface area contributed by atoms with E-state index in [9.17, 15) is 0 Å². The average molecular weight is 297 g/mol. The van der Waals surface area contributed by atoms with E-state index in [0.29, 0.717) is 6.04 Å². The molecule has 1 atom stereocenters. The summed E-state index contributed by atoms with van der Waals surface area (Å²) in [4.78, 5) is 0. The molecule has 1 N–H and O–H groups in total. The van der Waals surface area contributed by atoms with Crippen molar-refractivity contribution in [2.75, 3.05) is 0 Å². The van der Waals surface area contributed by atoms with Crippen LogP contribution in [0.5, 0.6) is 0 Å². The second kappa shape index (κ2) is 6.70. The van der Waals surface area contributed by atoms with Crippen LogP contribution in [-0.2, 0) is 13.0 Å². The fourth-order valence-electron chi connectivity index (χ4n) is 2.29. The van der Waals surface area contributed by atoms with Crippen LogP contribution in [0.3, 0.4) is 0 Å². The third-order valence-corrected chi connectivity index (χ3v) is 4.15. The van der Waals surface area contributed by atoms with E-state index in [1.807, 2.05) is 29.1 Å². The molecule has 2 heterocycles. The van der Waals surface area contributed by atoms with Crippen LogP contribution in [0.25, 0.3) is 5.69 Å². The minimum absolute atomic E-state index is 0.446. The highest BCUT2D eigenvalue weighted by Gasteiger charge is 2.05. The molecule has 0 saturated carbocycles. The van der Waals surface area contributed by atoms with Gasteiger partial charge in [-0.1, -0.05) is 18.2 Å². The number of benzene rings is 1. The Bertz CT molecular complexity index is 658. The van der Waals surface area contributed by atoms with Gasteiger partial charge in [0.15, 0.2) is 0 Å². The molecule has 3 rings (SSSR count). The van der Waals surface area contributed by atoms with E-state index in [2.05, 4.69) is 52.4 Å². The molecule has 2 aromatic heterocycles. The highest BCUT2D eigenvalue weighted by Crippen LogP contribution is 2.10. The van der Waals surface area contributed by atoms with Gasteiger partial charge in [-0.3, -0.25) is 0 Å². The number of thiophene rings is 1. The molecular weight excluding hydrogens is 278 g/mol. The lowest BCUT2D eigenvalue weighted by Crippen LogP contribution is -2.27. The molecule has 21 heavy (non-hydrogen) atoms. The summed E-state index contributed by atoms with van der Waals surface area (Å²) in [7, 11) is 0. The quantitative estimate of drug-likeness (QED) is 0.752. The first-order chi connectivity index (χ1) is 10.3. The molecule has 0 saturated heterocycles. The summed E-state index contributed by atoms with van der Waals surface area (Å²) in [5.74, 6) is 0. The Morgan fingerprint density at radius 2 is 2.05 bits per heavy atom. The zero-order chi connectivity index (χ0) is 14.5. The fourth-order valence-corrected chi connectivity index (χ4v) is 2.98. The molecule has 1 aromatic carbocycles. The van der Waals surface area contributed by atoms with Crippen LogP contribution >= 0.6 is 11.3 Å². The predicted molar refractivity (Wildman–Crippen MR) is 87.9 cm³/mol. The highest BCUT2D eigenvalue weighted by molar-refractivity contribution is 7.07. The molecule has 0 aliphatic rings. The minimum Gasteiger partial charge on any atom is -0.308 e. The number of hydrogen-bond acceptors (Lipinski definition) is 3. The average Bonchev–Trinajstić information content (AvgIpc) is 3.17. The summed E-state index contributed by atoms with van der Waals surface area (Å²) in [5.41, 5.74) is 3.56. The molecule has 0 aliphatic heterocycles. The zero-order valence-corrected chi connectivity index (χ0v) is 12.9. The molecule has 4 heteroatoms. The summed E-state index contributed by atoms with van der Waals surface area (Å²) >= 11 is 1.75. The number of nitrogens with zero attached hydrogens (tertiary/aromatic N) is 2. The highest BCUT2D eigenvalue weighted by atomic mass is 32.1. The van der Waals surface area contributed by atoms with Crippen molar-refractivity contribution in [3.8, 4) is 5.69 Å². The van der Waals surface area contributed by atoms with Crippen molar-refractivity contribution in [3.05, 3.63) is 70.7 Å². The van der Waals surface area contributed by atoms with Gasteiger partial charge >= 0.3 is 0 Å². The standard InChI is InChI=1S/C17H19N3S/c1-14(11-15-8-10-21-13-15)18-12-16-7-9-20(19-16)17-5-3-2-4-6-17/h2-10,13-14,18H,11-12H2,1H3. The smallest absolute Gasteiger partial charge is 0.0766 e. The summed E-state index contributed by atoms with van der Waals surface area (Å²) < 4.78 is 1.92. The third-order valence-electron chi connectivity index (χ3n) is 3.42. The maximum Gasteiger partial charge on any atom is 0.0766 e. The van der Waals surface area contributed by atoms with Crippen LogP contribution < -0.4 is 5.32 Å².